The second-order valence-electron chi connectivity index (χ2n) is 2.57. The average molecular weight is 164 g/mol. The Morgan fingerprint density at radius 1 is 1.67 bits per heavy atom. The van der Waals surface area contributed by atoms with Gasteiger partial charge in [-0.3, -0.25) is 4.79 Å². The molecule has 12 heavy (non-hydrogen) atoms. The number of hydrogen-bond donors (Lipinski definition) is 0. The molecule has 0 saturated heterocycles. The lowest BCUT2D eigenvalue weighted by Crippen LogP contribution is -2.23. The average Bonchev–Trinajstić information content (AvgIpc) is 2.44. The van der Waals surface area contributed by atoms with Crippen LogP contribution in [0.2, 0.25) is 0 Å². The van der Waals surface area contributed by atoms with Crippen LogP contribution in [0.4, 0.5) is 0 Å². The predicted octanol–water partition coefficient (Wildman–Crippen LogP) is -0.153. The lowest BCUT2D eigenvalue weighted by Gasteiger charge is -2.09. The monoisotopic (exact) mass is 164 g/mol. The van der Waals surface area contributed by atoms with Crippen LogP contribution in [-0.2, 0) is 6.54 Å². The highest BCUT2D eigenvalue weighted by atomic mass is 16.2. The third kappa shape index (κ3) is 0.861. The van der Waals surface area contributed by atoms with Crippen molar-refractivity contribution in [2.45, 2.75) is 13.5 Å². The molecule has 0 bridgehead atoms. The van der Waals surface area contributed by atoms with Gasteiger partial charge in [-0.05, 0) is 6.92 Å². The fourth-order valence-corrected chi connectivity index (χ4v) is 1.24. The molecule has 1 aliphatic rings. The molecular formula is C7H8N4O. The van der Waals surface area contributed by atoms with Crippen LogP contribution in [0.5, 0.6) is 0 Å². The Hall–Kier alpha value is -1.52. The fraction of sp³-hybridized carbons (Fsp3) is 0.429. The first kappa shape index (κ1) is 7.15. The van der Waals surface area contributed by atoms with Gasteiger partial charge in [-0.15, -0.1) is 10.2 Å². The summed E-state index contributed by atoms with van der Waals surface area (Å²) in [6.45, 7) is 3.19. The molecule has 0 radical (unpaired) electrons. The molecule has 2 heterocycles. The highest BCUT2D eigenvalue weighted by molar-refractivity contribution is 5.95. The van der Waals surface area contributed by atoms with Gasteiger partial charge < -0.3 is 4.90 Å². The minimum Gasteiger partial charge on any atom is -0.331 e. The number of aromatic nitrogens is 3. The minimum atomic E-state index is -0.0619. The Morgan fingerprint density at radius 2 is 2.50 bits per heavy atom. The van der Waals surface area contributed by atoms with E-state index in [2.05, 4.69) is 15.2 Å². The van der Waals surface area contributed by atoms with E-state index in [0.29, 0.717) is 18.8 Å². The molecule has 0 N–H and O–H groups in total. The largest absolute Gasteiger partial charge is 0.331 e. The van der Waals surface area contributed by atoms with E-state index in [4.69, 9.17) is 0 Å². The summed E-state index contributed by atoms with van der Waals surface area (Å²) in [5, 5.41) is 7.30. The number of amides is 1. The van der Waals surface area contributed by atoms with Gasteiger partial charge in [-0.25, -0.2) is 4.98 Å². The van der Waals surface area contributed by atoms with Crippen molar-refractivity contribution in [3.8, 4) is 0 Å². The molecule has 2 rings (SSSR count). The summed E-state index contributed by atoms with van der Waals surface area (Å²) in [5.74, 6) is -0.0619. The van der Waals surface area contributed by atoms with Crippen molar-refractivity contribution in [1.29, 1.82) is 0 Å². The molecule has 0 fully saturated rings. The van der Waals surface area contributed by atoms with Crippen molar-refractivity contribution in [2.75, 3.05) is 6.54 Å². The summed E-state index contributed by atoms with van der Waals surface area (Å²) in [7, 11) is 0. The molecule has 1 amide bonds. The van der Waals surface area contributed by atoms with Gasteiger partial charge in [-0.1, -0.05) is 0 Å². The first-order valence-corrected chi connectivity index (χ1v) is 3.78. The minimum absolute atomic E-state index is 0.0619. The summed E-state index contributed by atoms with van der Waals surface area (Å²) < 4.78 is 0. The first-order chi connectivity index (χ1) is 5.83. The molecule has 0 saturated carbocycles. The van der Waals surface area contributed by atoms with Gasteiger partial charge in [0, 0.05) is 6.54 Å². The van der Waals surface area contributed by atoms with Crippen molar-refractivity contribution < 1.29 is 4.79 Å². The molecule has 0 aliphatic carbocycles. The van der Waals surface area contributed by atoms with Gasteiger partial charge in [0.15, 0.2) is 5.69 Å². The van der Waals surface area contributed by atoms with Crippen LogP contribution in [0.15, 0.2) is 6.33 Å². The molecule has 1 aromatic heterocycles. The topological polar surface area (TPSA) is 59.0 Å². The molecule has 0 aromatic carbocycles. The third-order valence-electron chi connectivity index (χ3n) is 1.91. The van der Waals surface area contributed by atoms with Crippen LogP contribution in [0.3, 0.4) is 0 Å². The van der Waals surface area contributed by atoms with Crippen molar-refractivity contribution in [3.63, 3.8) is 0 Å². The molecule has 1 aliphatic heterocycles. The Balaban J connectivity index is 2.42. The van der Waals surface area contributed by atoms with E-state index in [1.807, 2.05) is 6.92 Å². The molecule has 5 heteroatoms. The SMILES string of the molecule is CCN1Cc2ncnnc2C1=O. The van der Waals surface area contributed by atoms with E-state index >= 15 is 0 Å². The predicted molar refractivity (Wildman–Crippen MR) is 40.2 cm³/mol. The molecule has 62 valence electrons. The number of rotatable bonds is 1. The maximum atomic E-state index is 11.4. The van der Waals surface area contributed by atoms with E-state index in [1.165, 1.54) is 6.33 Å². The second-order valence-corrected chi connectivity index (χ2v) is 2.57. The number of hydrogen-bond acceptors (Lipinski definition) is 4. The highest BCUT2D eigenvalue weighted by Gasteiger charge is 2.28. The summed E-state index contributed by atoms with van der Waals surface area (Å²) in [5.41, 5.74) is 1.14. The van der Waals surface area contributed by atoms with Crippen molar-refractivity contribution in [2.24, 2.45) is 0 Å². The van der Waals surface area contributed by atoms with E-state index in [-0.39, 0.29) is 5.91 Å². The number of carbonyl (C=O) groups is 1. The highest BCUT2D eigenvalue weighted by Crippen LogP contribution is 2.16. The van der Waals surface area contributed by atoms with E-state index in [9.17, 15) is 4.79 Å². The summed E-state index contributed by atoms with van der Waals surface area (Å²) in [6.07, 6.45) is 1.37. The Kier molecular flexibility index (Phi) is 1.49. The van der Waals surface area contributed by atoms with Crippen LogP contribution in [0.25, 0.3) is 0 Å². The second kappa shape index (κ2) is 2.51. The van der Waals surface area contributed by atoms with Gasteiger partial charge in [0.2, 0.25) is 0 Å². The number of carbonyl (C=O) groups excluding carboxylic acids is 1. The van der Waals surface area contributed by atoms with Gasteiger partial charge in [0.05, 0.1) is 12.2 Å². The molecule has 1 aromatic rings. The Morgan fingerprint density at radius 3 is 3.17 bits per heavy atom. The Labute approximate surface area is 69.4 Å². The molecule has 5 nitrogen and oxygen atoms in total. The van der Waals surface area contributed by atoms with E-state index in [1.54, 1.807) is 4.90 Å². The van der Waals surface area contributed by atoms with Gasteiger partial charge in [0.1, 0.15) is 6.33 Å². The fourth-order valence-electron chi connectivity index (χ4n) is 1.24. The van der Waals surface area contributed by atoms with Gasteiger partial charge >= 0.3 is 0 Å². The lowest BCUT2D eigenvalue weighted by atomic mass is 10.4. The van der Waals surface area contributed by atoms with Crippen LogP contribution in [0, 0.1) is 0 Å². The maximum Gasteiger partial charge on any atom is 0.276 e. The van der Waals surface area contributed by atoms with Crippen molar-refractivity contribution in [1.82, 2.24) is 20.1 Å². The zero-order chi connectivity index (χ0) is 8.55. The van der Waals surface area contributed by atoms with Crippen LogP contribution in [0.1, 0.15) is 23.1 Å². The smallest absolute Gasteiger partial charge is 0.276 e. The third-order valence-corrected chi connectivity index (χ3v) is 1.91. The van der Waals surface area contributed by atoms with Crippen LogP contribution >= 0.6 is 0 Å². The number of nitrogens with zero attached hydrogens (tertiary/aromatic N) is 4. The summed E-state index contributed by atoms with van der Waals surface area (Å²) >= 11 is 0. The standard InChI is InChI=1S/C7H8N4O/c1-2-11-3-5-6(7(11)12)10-9-4-8-5/h4H,2-3H2,1H3. The van der Waals surface area contributed by atoms with Crippen molar-refractivity contribution >= 4 is 5.91 Å². The first-order valence-electron chi connectivity index (χ1n) is 3.78. The maximum absolute atomic E-state index is 11.4. The molecule has 0 atom stereocenters. The van der Waals surface area contributed by atoms with Gasteiger partial charge in [-0.2, -0.15) is 0 Å². The number of fused-ring (bicyclic) bond motifs is 1. The normalized spacial score (nSPS) is 15.1. The molecule has 0 unspecified atom stereocenters. The summed E-state index contributed by atoms with van der Waals surface area (Å²) in [4.78, 5) is 17.1. The molecular weight excluding hydrogens is 156 g/mol. The van der Waals surface area contributed by atoms with E-state index < -0.39 is 0 Å². The quantitative estimate of drug-likeness (QED) is 0.579. The van der Waals surface area contributed by atoms with Crippen molar-refractivity contribution in [3.05, 3.63) is 17.7 Å². The zero-order valence-corrected chi connectivity index (χ0v) is 6.69. The Bertz CT molecular complexity index is 325. The molecule has 0 spiro atoms. The zero-order valence-electron chi connectivity index (χ0n) is 6.69. The van der Waals surface area contributed by atoms with Crippen LogP contribution < -0.4 is 0 Å². The van der Waals surface area contributed by atoms with Crippen LogP contribution in [-0.4, -0.2) is 32.5 Å². The van der Waals surface area contributed by atoms with E-state index in [0.717, 1.165) is 5.69 Å². The lowest BCUT2D eigenvalue weighted by molar-refractivity contribution is 0.0782. The summed E-state index contributed by atoms with van der Waals surface area (Å²) in [6, 6.07) is 0. The van der Waals surface area contributed by atoms with Gasteiger partial charge in [0.25, 0.3) is 5.91 Å².